The van der Waals surface area contributed by atoms with Crippen molar-refractivity contribution in [2.75, 3.05) is 0 Å². The van der Waals surface area contributed by atoms with Crippen molar-refractivity contribution in [3.63, 3.8) is 0 Å². The lowest BCUT2D eigenvalue weighted by Crippen LogP contribution is -2.23. The molecule has 0 radical (unpaired) electrons. The predicted octanol–water partition coefficient (Wildman–Crippen LogP) is 4.52. The van der Waals surface area contributed by atoms with Crippen LogP contribution < -0.4 is 5.32 Å². The number of amides is 1. The summed E-state index contributed by atoms with van der Waals surface area (Å²) in [4.78, 5) is 20.5. The summed E-state index contributed by atoms with van der Waals surface area (Å²) in [7, 11) is 0. The minimum Gasteiger partial charge on any atom is -0.344 e. The molecular formula is C16H12F3N3OS2. The van der Waals surface area contributed by atoms with Gasteiger partial charge in [-0.1, -0.05) is 12.1 Å². The van der Waals surface area contributed by atoms with E-state index in [2.05, 4.69) is 15.3 Å². The van der Waals surface area contributed by atoms with Gasteiger partial charge in [0.25, 0.3) is 5.91 Å². The van der Waals surface area contributed by atoms with Gasteiger partial charge in [-0.05, 0) is 19.1 Å². The maximum absolute atomic E-state index is 12.8. The fourth-order valence-corrected chi connectivity index (χ4v) is 3.58. The molecule has 0 spiro atoms. The summed E-state index contributed by atoms with van der Waals surface area (Å²) in [6, 6.07) is 4.89. The standard InChI is InChI=1S/C16H12F3N3OS2/c1-9-7-24-13(21-9)6-20-14(23)12-8-25-15(22-12)10-3-2-4-11(5-10)16(17,18)19/h2-5,7-8H,6H2,1H3,(H,20,23). The molecule has 3 aromatic rings. The fraction of sp³-hybridized carbons (Fsp3) is 0.188. The predicted molar refractivity (Wildman–Crippen MR) is 90.6 cm³/mol. The molecule has 0 bridgehead atoms. The summed E-state index contributed by atoms with van der Waals surface area (Å²) in [5.41, 5.74) is 0.639. The molecule has 3 rings (SSSR count). The Bertz CT molecular complexity index is 902. The molecule has 0 aliphatic carbocycles. The number of aromatic nitrogens is 2. The Kier molecular flexibility index (Phi) is 4.87. The number of hydrogen-bond acceptors (Lipinski definition) is 5. The first-order valence-corrected chi connectivity index (χ1v) is 8.91. The number of aryl methyl sites for hydroxylation is 1. The van der Waals surface area contributed by atoms with E-state index in [9.17, 15) is 18.0 Å². The summed E-state index contributed by atoms with van der Waals surface area (Å²) in [5.74, 6) is -0.387. The lowest BCUT2D eigenvalue weighted by molar-refractivity contribution is -0.137. The highest BCUT2D eigenvalue weighted by atomic mass is 32.1. The average molecular weight is 383 g/mol. The number of rotatable bonds is 4. The van der Waals surface area contributed by atoms with Crippen LogP contribution in [-0.4, -0.2) is 15.9 Å². The van der Waals surface area contributed by atoms with Gasteiger partial charge in [0.05, 0.1) is 12.1 Å². The molecule has 0 saturated carbocycles. The molecule has 0 aliphatic heterocycles. The van der Waals surface area contributed by atoms with Crippen molar-refractivity contribution < 1.29 is 18.0 Å². The van der Waals surface area contributed by atoms with Crippen molar-refractivity contribution in [2.45, 2.75) is 19.6 Å². The van der Waals surface area contributed by atoms with Gasteiger partial charge in [0.1, 0.15) is 15.7 Å². The van der Waals surface area contributed by atoms with E-state index in [0.717, 1.165) is 34.2 Å². The SMILES string of the molecule is Cc1csc(CNC(=O)c2csc(-c3cccc(C(F)(F)F)c3)n2)n1. The number of carbonyl (C=O) groups is 1. The van der Waals surface area contributed by atoms with Crippen LogP contribution >= 0.6 is 22.7 Å². The van der Waals surface area contributed by atoms with E-state index in [1.165, 1.54) is 28.8 Å². The van der Waals surface area contributed by atoms with Gasteiger partial charge in [0.2, 0.25) is 0 Å². The summed E-state index contributed by atoms with van der Waals surface area (Å²) >= 11 is 2.57. The van der Waals surface area contributed by atoms with Crippen molar-refractivity contribution in [1.82, 2.24) is 15.3 Å². The third-order valence-electron chi connectivity index (χ3n) is 3.24. The summed E-state index contributed by atoms with van der Waals surface area (Å²) in [5, 5.41) is 7.25. The summed E-state index contributed by atoms with van der Waals surface area (Å²) < 4.78 is 38.4. The smallest absolute Gasteiger partial charge is 0.344 e. The molecule has 2 heterocycles. The number of thiazole rings is 2. The molecule has 0 atom stereocenters. The Morgan fingerprint density at radius 2 is 2.00 bits per heavy atom. The van der Waals surface area contributed by atoms with Gasteiger partial charge in [-0.3, -0.25) is 4.79 Å². The van der Waals surface area contributed by atoms with Gasteiger partial charge < -0.3 is 5.32 Å². The monoisotopic (exact) mass is 383 g/mol. The molecule has 9 heteroatoms. The van der Waals surface area contributed by atoms with Crippen molar-refractivity contribution in [3.8, 4) is 10.6 Å². The Labute approximate surface area is 149 Å². The summed E-state index contributed by atoms with van der Waals surface area (Å²) in [6.45, 7) is 2.15. The van der Waals surface area contributed by atoms with Crippen LogP contribution in [0.4, 0.5) is 13.2 Å². The zero-order chi connectivity index (χ0) is 18.0. The fourth-order valence-electron chi connectivity index (χ4n) is 2.07. The normalized spacial score (nSPS) is 11.5. The van der Waals surface area contributed by atoms with Crippen molar-refractivity contribution >= 4 is 28.6 Å². The third kappa shape index (κ3) is 4.23. The molecule has 1 N–H and O–H groups in total. The number of hydrogen-bond donors (Lipinski definition) is 1. The Morgan fingerprint density at radius 3 is 2.68 bits per heavy atom. The molecular weight excluding hydrogens is 371 g/mol. The Morgan fingerprint density at radius 1 is 1.20 bits per heavy atom. The van der Waals surface area contributed by atoms with Crippen LogP contribution in [0.3, 0.4) is 0 Å². The van der Waals surface area contributed by atoms with Gasteiger partial charge in [-0.2, -0.15) is 13.2 Å². The third-order valence-corrected chi connectivity index (χ3v) is 5.10. The van der Waals surface area contributed by atoms with Gasteiger partial charge in [-0.25, -0.2) is 9.97 Å². The van der Waals surface area contributed by atoms with Crippen LogP contribution in [0.5, 0.6) is 0 Å². The van der Waals surface area contributed by atoms with Crippen LogP contribution in [0.2, 0.25) is 0 Å². The first-order chi connectivity index (χ1) is 11.8. The maximum atomic E-state index is 12.8. The largest absolute Gasteiger partial charge is 0.416 e. The van der Waals surface area contributed by atoms with Gasteiger partial charge in [0.15, 0.2) is 0 Å². The Balaban J connectivity index is 1.72. The van der Waals surface area contributed by atoms with Crippen LogP contribution in [0.1, 0.15) is 26.8 Å². The number of alkyl halides is 3. The van der Waals surface area contributed by atoms with Gasteiger partial charge >= 0.3 is 6.18 Å². The maximum Gasteiger partial charge on any atom is 0.416 e. The van der Waals surface area contributed by atoms with E-state index < -0.39 is 11.7 Å². The number of carbonyl (C=O) groups excluding carboxylic acids is 1. The molecule has 0 fully saturated rings. The lowest BCUT2D eigenvalue weighted by atomic mass is 10.1. The Hall–Kier alpha value is -2.26. The van der Waals surface area contributed by atoms with E-state index in [0.29, 0.717) is 10.6 Å². The number of nitrogens with zero attached hydrogens (tertiary/aromatic N) is 2. The molecule has 1 aromatic carbocycles. The zero-order valence-electron chi connectivity index (χ0n) is 12.9. The molecule has 2 aromatic heterocycles. The van der Waals surface area contributed by atoms with Crippen LogP contribution in [-0.2, 0) is 12.7 Å². The summed E-state index contributed by atoms with van der Waals surface area (Å²) in [6.07, 6.45) is -4.42. The molecule has 25 heavy (non-hydrogen) atoms. The van der Waals surface area contributed by atoms with Crippen LogP contribution in [0.25, 0.3) is 10.6 Å². The van der Waals surface area contributed by atoms with E-state index in [1.807, 2.05) is 12.3 Å². The van der Waals surface area contributed by atoms with E-state index in [4.69, 9.17) is 0 Å². The second kappa shape index (κ2) is 6.93. The minimum absolute atomic E-state index is 0.172. The first-order valence-electron chi connectivity index (χ1n) is 7.15. The van der Waals surface area contributed by atoms with Crippen molar-refractivity contribution in [3.05, 3.63) is 57.0 Å². The molecule has 4 nitrogen and oxygen atoms in total. The molecule has 0 aliphatic rings. The quantitative estimate of drug-likeness (QED) is 0.720. The van der Waals surface area contributed by atoms with E-state index in [-0.39, 0.29) is 18.1 Å². The van der Waals surface area contributed by atoms with Crippen LogP contribution in [0, 0.1) is 6.92 Å². The highest BCUT2D eigenvalue weighted by molar-refractivity contribution is 7.13. The number of halogens is 3. The van der Waals surface area contributed by atoms with Crippen LogP contribution in [0.15, 0.2) is 35.0 Å². The average Bonchev–Trinajstić information content (AvgIpc) is 3.21. The highest BCUT2D eigenvalue weighted by Crippen LogP contribution is 2.33. The van der Waals surface area contributed by atoms with Crippen molar-refractivity contribution in [1.29, 1.82) is 0 Å². The minimum atomic E-state index is -4.42. The highest BCUT2D eigenvalue weighted by Gasteiger charge is 2.30. The second-order valence-corrected chi connectivity index (χ2v) is 6.98. The number of benzene rings is 1. The second-order valence-electron chi connectivity index (χ2n) is 5.18. The molecule has 1 amide bonds. The van der Waals surface area contributed by atoms with Gasteiger partial charge in [0, 0.05) is 22.0 Å². The van der Waals surface area contributed by atoms with Gasteiger partial charge in [-0.15, -0.1) is 22.7 Å². The zero-order valence-corrected chi connectivity index (χ0v) is 14.6. The molecule has 130 valence electrons. The molecule has 0 saturated heterocycles. The van der Waals surface area contributed by atoms with E-state index >= 15 is 0 Å². The lowest BCUT2D eigenvalue weighted by Gasteiger charge is -2.07. The van der Waals surface area contributed by atoms with E-state index in [1.54, 1.807) is 0 Å². The van der Waals surface area contributed by atoms with Crippen molar-refractivity contribution in [2.24, 2.45) is 0 Å². The molecule has 0 unspecified atom stereocenters. The number of nitrogens with one attached hydrogen (secondary N) is 1. The first kappa shape index (κ1) is 17.6. The topological polar surface area (TPSA) is 54.9 Å².